The van der Waals surface area contributed by atoms with E-state index in [0.717, 1.165) is 37.4 Å². The zero-order chi connectivity index (χ0) is 20.1. The molecule has 0 fully saturated rings. The third-order valence-corrected chi connectivity index (χ3v) is 7.06. The molecule has 1 aliphatic heterocycles. The van der Waals surface area contributed by atoms with Crippen molar-refractivity contribution in [2.45, 2.75) is 14.9 Å². The second kappa shape index (κ2) is 6.93. The van der Waals surface area contributed by atoms with Crippen LogP contribution in [0.1, 0.15) is 0 Å². The molecule has 0 radical (unpaired) electrons. The molecule has 6 rings (SSSR count). The van der Waals surface area contributed by atoms with Crippen molar-refractivity contribution in [3.05, 3.63) is 72.8 Å². The van der Waals surface area contributed by atoms with Gasteiger partial charge in [0.25, 0.3) is 0 Å². The van der Waals surface area contributed by atoms with Gasteiger partial charge in [0.15, 0.2) is 5.16 Å². The Hall–Kier alpha value is -3.23. The van der Waals surface area contributed by atoms with Gasteiger partial charge in [-0.3, -0.25) is 14.1 Å². The van der Waals surface area contributed by atoms with Crippen molar-refractivity contribution in [3.8, 4) is 0 Å². The molecule has 8 heteroatoms. The summed E-state index contributed by atoms with van der Waals surface area (Å²) < 4.78 is 1.96. The molecule has 0 unspecified atom stereocenters. The van der Waals surface area contributed by atoms with Crippen LogP contribution < -0.4 is 4.90 Å². The summed E-state index contributed by atoms with van der Waals surface area (Å²) in [5.41, 5.74) is 3.72. The second-order valence-corrected chi connectivity index (χ2v) is 8.85. The molecular weight excluding hydrogens is 414 g/mol. The number of aromatic amines is 1. The number of amides is 1. The molecule has 3 heterocycles. The zero-order valence-electron chi connectivity index (χ0n) is 15.6. The first kappa shape index (κ1) is 17.6. The zero-order valence-corrected chi connectivity index (χ0v) is 17.3. The summed E-state index contributed by atoms with van der Waals surface area (Å²) in [6, 6.07) is 23.9. The van der Waals surface area contributed by atoms with E-state index in [1.165, 1.54) is 11.8 Å². The van der Waals surface area contributed by atoms with Crippen molar-refractivity contribution < 1.29 is 4.79 Å². The predicted octanol–water partition coefficient (Wildman–Crippen LogP) is 5.13. The van der Waals surface area contributed by atoms with Crippen LogP contribution in [0.5, 0.6) is 0 Å². The molecule has 0 atom stereocenters. The van der Waals surface area contributed by atoms with Gasteiger partial charge in [0.2, 0.25) is 11.7 Å². The number of nitrogens with one attached hydrogen (secondary N) is 1. The monoisotopic (exact) mass is 429 g/mol. The van der Waals surface area contributed by atoms with Gasteiger partial charge in [0, 0.05) is 9.79 Å². The largest absolute Gasteiger partial charge is 0.278 e. The number of fused-ring (bicyclic) bond motifs is 5. The molecule has 2 aromatic heterocycles. The topological polar surface area (TPSA) is 66.3 Å². The Bertz CT molecular complexity index is 1380. The number of carbonyl (C=O) groups is 1. The van der Waals surface area contributed by atoms with Crippen LogP contribution in [0.15, 0.2) is 87.7 Å². The van der Waals surface area contributed by atoms with Gasteiger partial charge in [-0.25, -0.2) is 10.1 Å². The fourth-order valence-corrected chi connectivity index (χ4v) is 5.57. The number of hydrogen-bond donors (Lipinski definition) is 1. The lowest BCUT2D eigenvalue weighted by Gasteiger charge is -2.30. The van der Waals surface area contributed by atoms with Crippen molar-refractivity contribution in [3.63, 3.8) is 0 Å². The number of rotatable bonds is 3. The van der Waals surface area contributed by atoms with Gasteiger partial charge >= 0.3 is 0 Å². The molecule has 6 nitrogen and oxygen atoms in total. The highest BCUT2D eigenvalue weighted by atomic mass is 32.2. The number of hydrogen-bond acceptors (Lipinski definition) is 5. The first-order valence-electron chi connectivity index (χ1n) is 9.43. The Morgan fingerprint density at radius 3 is 2.37 bits per heavy atom. The molecule has 0 aliphatic carbocycles. The standard InChI is InChI=1S/C22H15N5OS2/c28-20(13-29-22-25-24-21-23-14-7-1-2-8-15(14)27(21)22)26-16-9-3-5-11-18(16)30-19-12-6-4-10-17(19)26/h1-12H,13H2,(H,23,24). The molecule has 30 heavy (non-hydrogen) atoms. The Morgan fingerprint density at radius 2 is 1.60 bits per heavy atom. The number of H-pyrrole nitrogens is 1. The van der Waals surface area contributed by atoms with E-state index in [0.29, 0.717) is 5.78 Å². The fraction of sp³-hybridized carbons (Fsp3) is 0.0455. The number of para-hydroxylation sites is 4. The highest BCUT2D eigenvalue weighted by Gasteiger charge is 2.28. The quantitative estimate of drug-likeness (QED) is 0.403. The van der Waals surface area contributed by atoms with E-state index in [1.807, 2.05) is 70.0 Å². The summed E-state index contributed by atoms with van der Waals surface area (Å²) in [6.07, 6.45) is 0. The third kappa shape index (κ3) is 2.72. The van der Waals surface area contributed by atoms with E-state index in [4.69, 9.17) is 0 Å². The minimum absolute atomic E-state index is 0.0146. The Labute approximate surface area is 180 Å². The van der Waals surface area contributed by atoms with Crippen LogP contribution >= 0.6 is 23.5 Å². The maximum absolute atomic E-state index is 13.4. The van der Waals surface area contributed by atoms with E-state index in [2.05, 4.69) is 27.3 Å². The number of anilines is 2. The first-order valence-corrected chi connectivity index (χ1v) is 11.2. The van der Waals surface area contributed by atoms with Crippen molar-refractivity contribution in [1.29, 1.82) is 0 Å². The van der Waals surface area contributed by atoms with Crippen molar-refractivity contribution in [2.24, 2.45) is 0 Å². The van der Waals surface area contributed by atoms with Crippen LogP contribution in [0, 0.1) is 0 Å². The molecule has 0 saturated heterocycles. The summed E-state index contributed by atoms with van der Waals surface area (Å²) >= 11 is 3.10. The van der Waals surface area contributed by atoms with Crippen LogP contribution in [-0.2, 0) is 4.79 Å². The van der Waals surface area contributed by atoms with Crippen molar-refractivity contribution >= 4 is 57.6 Å². The molecule has 1 aliphatic rings. The summed E-state index contributed by atoms with van der Waals surface area (Å²) in [7, 11) is 0. The fourth-order valence-electron chi connectivity index (χ4n) is 3.70. The average molecular weight is 430 g/mol. The second-order valence-electron chi connectivity index (χ2n) is 6.82. The van der Waals surface area contributed by atoms with Gasteiger partial charge in [-0.15, -0.1) is 5.10 Å². The molecule has 0 bridgehead atoms. The third-order valence-electron chi connectivity index (χ3n) is 5.01. The van der Waals surface area contributed by atoms with Gasteiger partial charge in [-0.2, -0.15) is 0 Å². The molecule has 5 aromatic rings. The van der Waals surface area contributed by atoms with Gasteiger partial charge < -0.3 is 0 Å². The van der Waals surface area contributed by atoms with Gasteiger partial charge in [-0.05, 0) is 36.4 Å². The molecular formula is C22H15N5OS2. The van der Waals surface area contributed by atoms with Crippen LogP contribution in [0.4, 0.5) is 11.4 Å². The average Bonchev–Trinajstić information content (AvgIpc) is 3.35. The molecule has 0 spiro atoms. The van der Waals surface area contributed by atoms with E-state index in [-0.39, 0.29) is 11.7 Å². The SMILES string of the molecule is O=C(CSc1n[nH]c2nc3ccccc3n12)N1c2ccccc2Sc2ccccc21. The Morgan fingerprint density at radius 1 is 0.933 bits per heavy atom. The molecule has 3 aromatic carbocycles. The van der Waals surface area contributed by atoms with Gasteiger partial charge in [0.1, 0.15) is 0 Å². The summed E-state index contributed by atoms with van der Waals surface area (Å²) in [4.78, 5) is 21.9. The molecule has 0 saturated carbocycles. The normalized spacial score (nSPS) is 12.9. The van der Waals surface area contributed by atoms with Crippen molar-refractivity contribution in [1.82, 2.24) is 19.6 Å². The summed E-state index contributed by atoms with van der Waals surface area (Å²) in [5, 5.41) is 8.06. The lowest BCUT2D eigenvalue weighted by molar-refractivity contribution is -0.115. The number of nitrogens with zero attached hydrogens (tertiary/aromatic N) is 4. The van der Waals surface area contributed by atoms with E-state index >= 15 is 0 Å². The highest BCUT2D eigenvalue weighted by Crippen LogP contribution is 2.48. The number of benzene rings is 3. The van der Waals surface area contributed by atoms with E-state index < -0.39 is 0 Å². The van der Waals surface area contributed by atoms with E-state index in [1.54, 1.807) is 11.8 Å². The lowest BCUT2D eigenvalue weighted by Crippen LogP contribution is -2.30. The van der Waals surface area contributed by atoms with Crippen LogP contribution in [0.2, 0.25) is 0 Å². The smallest absolute Gasteiger partial charge is 0.242 e. The lowest BCUT2D eigenvalue weighted by atomic mass is 10.2. The number of aromatic nitrogens is 4. The maximum Gasteiger partial charge on any atom is 0.242 e. The van der Waals surface area contributed by atoms with Crippen LogP contribution in [0.25, 0.3) is 16.8 Å². The van der Waals surface area contributed by atoms with Crippen molar-refractivity contribution in [2.75, 3.05) is 10.7 Å². The van der Waals surface area contributed by atoms with Crippen LogP contribution in [-0.4, -0.2) is 31.2 Å². The molecule has 146 valence electrons. The molecule has 1 amide bonds. The highest BCUT2D eigenvalue weighted by molar-refractivity contribution is 8.00. The predicted molar refractivity (Wildman–Crippen MR) is 120 cm³/mol. The maximum atomic E-state index is 13.4. The van der Waals surface area contributed by atoms with Crippen LogP contribution in [0.3, 0.4) is 0 Å². The van der Waals surface area contributed by atoms with Gasteiger partial charge in [0.05, 0.1) is 28.2 Å². The Kier molecular flexibility index (Phi) is 4.07. The Balaban J connectivity index is 1.34. The number of carbonyl (C=O) groups excluding carboxylic acids is 1. The summed E-state index contributed by atoms with van der Waals surface area (Å²) in [6.45, 7) is 0. The number of imidazole rings is 1. The minimum atomic E-state index is 0.0146. The van der Waals surface area contributed by atoms with E-state index in [9.17, 15) is 4.79 Å². The minimum Gasteiger partial charge on any atom is -0.278 e. The summed E-state index contributed by atoms with van der Waals surface area (Å²) in [5.74, 6) is 0.955. The number of thioether (sulfide) groups is 1. The molecule has 1 N–H and O–H groups in total. The first-order chi connectivity index (χ1) is 14.8. The van der Waals surface area contributed by atoms with Gasteiger partial charge in [-0.1, -0.05) is 59.9 Å².